The van der Waals surface area contributed by atoms with Gasteiger partial charge in [-0.3, -0.25) is 0 Å². The molecule has 0 nitrogen and oxygen atoms in total. The Balaban J connectivity index is 1.55. The van der Waals surface area contributed by atoms with E-state index in [9.17, 15) is 5.48 Å². The highest BCUT2D eigenvalue weighted by Gasteiger charge is 2.17. The smallest absolute Gasteiger partial charge is 0.0616 e. The Morgan fingerprint density at radius 1 is 0.325 bits per heavy atom. The van der Waals surface area contributed by atoms with Crippen molar-refractivity contribution in [1.82, 2.24) is 0 Å². The molecule has 0 radical (unpaired) electrons. The van der Waals surface area contributed by atoms with E-state index in [2.05, 4.69) is 0 Å². The second-order valence-electron chi connectivity index (χ2n) is 9.09. The molecule has 0 spiro atoms. The van der Waals surface area contributed by atoms with Crippen LogP contribution in [-0.2, 0) is 0 Å². The molecule has 0 amide bonds. The fourth-order valence-corrected chi connectivity index (χ4v) is 5.23. The Kier molecular flexibility index (Phi) is 2.56. The maximum Gasteiger partial charge on any atom is 0.0629 e. The molecule has 0 heterocycles. The Bertz CT molecular complexity index is 3110. The van der Waals surface area contributed by atoms with Crippen LogP contribution < -0.4 is 0 Å². The van der Waals surface area contributed by atoms with Crippen molar-refractivity contribution in [3.8, 4) is 33.4 Å². The molecule has 0 bridgehead atoms. The van der Waals surface area contributed by atoms with Crippen molar-refractivity contribution in [3.05, 3.63) is 157 Å². The van der Waals surface area contributed by atoms with Gasteiger partial charge >= 0.3 is 0 Å². The van der Waals surface area contributed by atoms with E-state index < -0.39 is 131 Å². The first kappa shape index (κ1) is 11.1. The lowest BCUT2D eigenvalue weighted by Gasteiger charge is -2.19. The Labute approximate surface area is 259 Å². The van der Waals surface area contributed by atoms with Crippen LogP contribution in [0.1, 0.15) is 24.7 Å². The molecule has 0 heteroatoms. The molecule has 8 aromatic rings. The van der Waals surface area contributed by atoms with Crippen LogP contribution in [0.25, 0.3) is 76.5 Å². The summed E-state index contributed by atoms with van der Waals surface area (Å²) in [7, 11) is 0. The van der Waals surface area contributed by atoms with Crippen molar-refractivity contribution >= 4 is 43.1 Å². The lowest BCUT2D eigenvalue weighted by Crippen LogP contribution is -1.91. The minimum atomic E-state index is -0.735. The third-order valence-electron chi connectivity index (χ3n) is 6.93. The molecule has 0 aliphatic heterocycles. The average molecular weight is 525 g/mol. The standard InChI is InChI=1S/C40H26/c1-3-15-31-27(11-1)13-9-21-32(31)29-23-25-30(26-24-29)39-35-17-5-7-19-37(35)40(38-20-8-6-18-36(38)39)34-22-10-14-28-12-2-4-16-33(28)34/h1-26H/i1D,2D,3D,4D,9D,10D,11D,12D,13D,14D,15D,16D,21D,22D,23D,24D,25D,26D. The van der Waals surface area contributed by atoms with Crippen LogP contribution in [0, 0.1) is 0 Å². The van der Waals surface area contributed by atoms with Gasteiger partial charge in [-0.25, -0.2) is 0 Å². The van der Waals surface area contributed by atoms with Gasteiger partial charge in [0.1, 0.15) is 0 Å². The van der Waals surface area contributed by atoms with Gasteiger partial charge in [0.25, 0.3) is 0 Å². The molecule has 0 aliphatic carbocycles. The number of rotatable bonds is 3. The molecule has 0 unspecified atom stereocenters. The van der Waals surface area contributed by atoms with Gasteiger partial charge in [-0.15, -0.1) is 0 Å². The molecule has 0 saturated carbocycles. The van der Waals surface area contributed by atoms with Crippen LogP contribution >= 0.6 is 0 Å². The topological polar surface area (TPSA) is 0 Å². The normalized spacial score (nSPS) is 17.8. The van der Waals surface area contributed by atoms with Crippen LogP contribution in [0.5, 0.6) is 0 Å². The van der Waals surface area contributed by atoms with Crippen molar-refractivity contribution in [2.24, 2.45) is 0 Å². The third kappa shape index (κ3) is 3.54. The first-order valence-corrected chi connectivity index (χ1v) is 12.4. The highest BCUT2D eigenvalue weighted by molar-refractivity contribution is 6.23. The Morgan fingerprint density at radius 2 is 0.750 bits per heavy atom. The van der Waals surface area contributed by atoms with E-state index in [-0.39, 0.29) is 33.0 Å². The molecule has 0 fully saturated rings. The summed E-state index contributed by atoms with van der Waals surface area (Å²) in [6.45, 7) is 0. The van der Waals surface area contributed by atoms with Crippen molar-refractivity contribution in [3.63, 3.8) is 0 Å². The SMILES string of the molecule is [2H]c1c([2H])c(-c2c([2H])c([2H])c([2H])c3c([2H])c([2H])c([2H])c([2H])c23)c([2H])c([2H])c1-c1c2ccccc2c(-c2c([2H])c([2H])c([2H])c3c([2H])c([2H])c([2H])c([2H])c23)c2ccccc12. The van der Waals surface area contributed by atoms with Gasteiger partial charge in [-0.1, -0.05) is 157 Å². The summed E-state index contributed by atoms with van der Waals surface area (Å²) < 4.78 is 158. The molecule has 0 aliphatic rings. The largest absolute Gasteiger partial charge is 0.0629 e. The highest BCUT2D eigenvalue weighted by Crippen LogP contribution is 2.45. The zero-order valence-electron chi connectivity index (χ0n) is 38.6. The summed E-state index contributed by atoms with van der Waals surface area (Å²) in [6, 6.07) is 2.00. The zero-order chi connectivity index (χ0) is 42.1. The van der Waals surface area contributed by atoms with E-state index in [0.29, 0.717) is 21.5 Å². The van der Waals surface area contributed by atoms with Gasteiger partial charge in [0.15, 0.2) is 0 Å². The van der Waals surface area contributed by atoms with E-state index in [1.54, 1.807) is 48.5 Å². The number of hydrogen-bond donors (Lipinski definition) is 0. The van der Waals surface area contributed by atoms with Crippen LogP contribution in [0.4, 0.5) is 0 Å². The second kappa shape index (κ2) is 9.22. The summed E-state index contributed by atoms with van der Waals surface area (Å²) in [5.41, 5.74) is -0.719. The summed E-state index contributed by atoms with van der Waals surface area (Å²) in [4.78, 5) is 0. The summed E-state index contributed by atoms with van der Waals surface area (Å²) in [5, 5.41) is 0.214. The predicted octanol–water partition coefficient (Wildman–Crippen LogP) is 11.3. The monoisotopic (exact) mass is 524 g/mol. The Hall–Kier alpha value is -5.20. The van der Waals surface area contributed by atoms with Crippen molar-refractivity contribution < 1.29 is 24.7 Å². The van der Waals surface area contributed by atoms with Crippen LogP contribution in [-0.4, -0.2) is 0 Å². The fourth-order valence-electron chi connectivity index (χ4n) is 5.23. The molecular weight excluding hydrogens is 480 g/mol. The number of benzene rings is 8. The predicted molar refractivity (Wildman–Crippen MR) is 173 cm³/mol. The van der Waals surface area contributed by atoms with Crippen molar-refractivity contribution in [2.75, 3.05) is 0 Å². The van der Waals surface area contributed by atoms with Gasteiger partial charge < -0.3 is 0 Å². The molecule has 40 heavy (non-hydrogen) atoms. The fraction of sp³-hybridized carbons (Fsp3) is 0. The second-order valence-corrected chi connectivity index (χ2v) is 9.09. The molecular formula is C40H26. The molecule has 0 aromatic heterocycles. The van der Waals surface area contributed by atoms with Crippen LogP contribution in [0.15, 0.2) is 157 Å². The first-order chi connectivity index (χ1) is 27.4. The zero-order valence-corrected chi connectivity index (χ0v) is 20.6. The lowest BCUT2D eigenvalue weighted by molar-refractivity contribution is 1.63. The molecule has 0 saturated heterocycles. The highest BCUT2D eigenvalue weighted by atomic mass is 14.2. The maximum absolute atomic E-state index is 9.42. The van der Waals surface area contributed by atoms with Gasteiger partial charge in [0.2, 0.25) is 0 Å². The van der Waals surface area contributed by atoms with Crippen molar-refractivity contribution in [1.29, 1.82) is 0 Å². The van der Waals surface area contributed by atoms with Crippen LogP contribution in [0.3, 0.4) is 0 Å². The van der Waals surface area contributed by atoms with E-state index in [1.807, 2.05) is 0 Å². The maximum atomic E-state index is 9.42. The minimum absolute atomic E-state index is 0.0414. The number of fused-ring (bicyclic) bond motifs is 4. The molecule has 0 N–H and O–H groups in total. The number of hydrogen-bond acceptors (Lipinski definition) is 0. The first-order valence-electron chi connectivity index (χ1n) is 21.4. The minimum Gasteiger partial charge on any atom is -0.0616 e. The third-order valence-corrected chi connectivity index (χ3v) is 6.93. The molecule has 8 rings (SSSR count). The van der Waals surface area contributed by atoms with Gasteiger partial charge in [0.05, 0.1) is 24.7 Å². The van der Waals surface area contributed by atoms with E-state index in [1.165, 1.54) is 0 Å². The lowest BCUT2D eigenvalue weighted by atomic mass is 9.84. The van der Waals surface area contributed by atoms with Gasteiger partial charge in [-0.2, -0.15) is 0 Å². The summed E-state index contributed by atoms with van der Waals surface area (Å²) in [5.74, 6) is 0. The molecule has 186 valence electrons. The Morgan fingerprint density at radius 3 is 1.32 bits per heavy atom. The van der Waals surface area contributed by atoms with Crippen molar-refractivity contribution in [2.45, 2.75) is 0 Å². The van der Waals surface area contributed by atoms with E-state index in [0.717, 1.165) is 0 Å². The molecule has 0 atom stereocenters. The van der Waals surface area contributed by atoms with Gasteiger partial charge in [-0.05, 0) is 76.5 Å². The quantitative estimate of drug-likeness (QED) is 0.202. The van der Waals surface area contributed by atoms with Crippen LogP contribution in [0.2, 0.25) is 0 Å². The average Bonchev–Trinajstić information content (AvgIpc) is 3.21. The molecule has 8 aromatic carbocycles. The summed E-state index contributed by atoms with van der Waals surface area (Å²) in [6.07, 6.45) is 0. The summed E-state index contributed by atoms with van der Waals surface area (Å²) >= 11 is 0. The van der Waals surface area contributed by atoms with Gasteiger partial charge in [0, 0.05) is 0 Å². The van der Waals surface area contributed by atoms with E-state index >= 15 is 0 Å². The van der Waals surface area contributed by atoms with E-state index in [4.69, 9.17) is 19.2 Å².